The van der Waals surface area contributed by atoms with Gasteiger partial charge in [-0.2, -0.15) is 0 Å². The zero-order chi connectivity index (χ0) is 10.6. The highest BCUT2D eigenvalue weighted by molar-refractivity contribution is 7.88. The Morgan fingerprint density at radius 2 is 1.93 bits per heavy atom. The average molecular weight is 207 g/mol. The van der Waals surface area contributed by atoms with E-state index >= 15 is 0 Å². The molecule has 1 rings (SSSR count). The lowest BCUT2D eigenvalue weighted by atomic mass is 10.2. The van der Waals surface area contributed by atoms with Crippen molar-refractivity contribution in [3.63, 3.8) is 0 Å². The molecule has 0 aromatic heterocycles. The molecule has 1 atom stereocenters. The maximum absolute atomic E-state index is 11.7. The summed E-state index contributed by atoms with van der Waals surface area (Å²) in [7, 11) is -1.27. The topological polar surface area (TPSA) is 29.1 Å². The summed E-state index contributed by atoms with van der Waals surface area (Å²) in [5.41, 5.74) is 0.814. The number of para-hydroxylation sites is 1. The van der Waals surface area contributed by atoms with E-state index in [4.69, 9.17) is 6.42 Å². The van der Waals surface area contributed by atoms with Gasteiger partial charge >= 0.3 is 0 Å². The number of hydrogen-bond acceptors (Lipinski definition) is 1. The number of hydrogen-bond donors (Lipinski definition) is 1. The molecule has 14 heavy (non-hydrogen) atoms. The minimum absolute atomic E-state index is 0.657. The van der Waals surface area contributed by atoms with E-state index in [1.54, 1.807) is 13.8 Å². The summed E-state index contributed by atoms with van der Waals surface area (Å²) in [6.45, 7) is 3.53. The van der Waals surface area contributed by atoms with E-state index in [9.17, 15) is 4.21 Å². The molecule has 0 saturated carbocycles. The molecule has 0 bridgehead atoms. The predicted octanol–water partition coefficient (Wildman–Crippen LogP) is 2.17. The second-order valence-corrected chi connectivity index (χ2v) is 5.15. The van der Waals surface area contributed by atoms with Crippen molar-refractivity contribution in [2.24, 2.45) is 0 Å². The van der Waals surface area contributed by atoms with Crippen molar-refractivity contribution in [3.8, 4) is 12.3 Å². The summed E-state index contributed by atoms with van der Waals surface area (Å²) in [5.74, 6) is 2.50. The van der Waals surface area contributed by atoms with Gasteiger partial charge in [0.1, 0.15) is 15.7 Å². The fourth-order valence-electron chi connectivity index (χ4n) is 0.794. The summed E-state index contributed by atoms with van der Waals surface area (Å²) in [4.78, 5) is 0. The Bertz CT molecular complexity index is 365. The molecule has 0 aliphatic carbocycles. The highest BCUT2D eigenvalue weighted by atomic mass is 32.2. The second-order valence-electron chi connectivity index (χ2n) is 3.39. The van der Waals surface area contributed by atoms with Crippen molar-refractivity contribution in [2.75, 3.05) is 4.72 Å². The van der Waals surface area contributed by atoms with Crippen LogP contribution < -0.4 is 4.72 Å². The van der Waals surface area contributed by atoms with Crippen molar-refractivity contribution < 1.29 is 4.21 Å². The van der Waals surface area contributed by atoms with Crippen molar-refractivity contribution in [1.29, 1.82) is 0 Å². The van der Waals surface area contributed by atoms with Gasteiger partial charge in [0.25, 0.3) is 0 Å². The summed E-state index contributed by atoms with van der Waals surface area (Å²) in [6, 6.07) is 9.36. The number of nitrogens with one attached hydrogen (secondary N) is 1. The van der Waals surface area contributed by atoms with Crippen LogP contribution in [0.4, 0.5) is 5.69 Å². The Kier molecular flexibility index (Phi) is 3.32. The number of terminal acetylenes is 1. The van der Waals surface area contributed by atoms with Crippen molar-refractivity contribution in [3.05, 3.63) is 30.3 Å². The highest BCUT2D eigenvalue weighted by Crippen LogP contribution is 2.15. The van der Waals surface area contributed by atoms with E-state index < -0.39 is 15.7 Å². The summed E-state index contributed by atoms with van der Waals surface area (Å²) < 4.78 is 13.9. The van der Waals surface area contributed by atoms with Crippen molar-refractivity contribution in [2.45, 2.75) is 18.6 Å². The molecule has 2 nitrogen and oxygen atoms in total. The van der Waals surface area contributed by atoms with Gasteiger partial charge in [0.15, 0.2) is 0 Å². The maximum atomic E-state index is 11.7. The first-order valence-corrected chi connectivity index (χ1v) is 5.42. The van der Waals surface area contributed by atoms with Crippen LogP contribution in [0, 0.1) is 12.3 Å². The van der Waals surface area contributed by atoms with Gasteiger partial charge in [0, 0.05) is 5.69 Å². The Labute approximate surface area is 87.3 Å². The molecule has 1 unspecified atom stereocenters. The zero-order valence-electron chi connectivity index (χ0n) is 8.28. The van der Waals surface area contributed by atoms with E-state index in [1.165, 1.54) is 0 Å². The summed E-state index contributed by atoms with van der Waals surface area (Å²) in [6.07, 6.45) is 5.28. The van der Waals surface area contributed by atoms with Crippen LogP contribution in [0.3, 0.4) is 0 Å². The minimum Gasteiger partial charge on any atom is -0.304 e. The monoisotopic (exact) mass is 207 g/mol. The average Bonchev–Trinajstić information content (AvgIpc) is 2.19. The van der Waals surface area contributed by atoms with Crippen LogP contribution in [-0.4, -0.2) is 8.96 Å². The molecule has 0 fully saturated rings. The molecule has 0 aliphatic heterocycles. The lowest BCUT2D eigenvalue weighted by Gasteiger charge is -2.17. The first kappa shape index (κ1) is 10.8. The molecule has 1 aromatic rings. The number of anilines is 1. The third kappa shape index (κ3) is 2.61. The molecule has 0 radical (unpaired) electrons. The van der Waals surface area contributed by atoms with Crippen LogP contribution in [-0.2, 0) is 11.0 Å². The standard InChI is InChI=1S/C11H13NOS/c1-4-11(2,3)14(13)12-10-8-6-5-7-9-10/h1,5-9,12H,2-3H3. The fraction of sp³-hybridized carbons (Fsp3) is 0.273. The molecular formula is C11H13NOS. The predicted molar refractivity (Wildman–Crippen MR) is 61.1 cm³/mol. The van der Waals surface area contributed by atoms with Gasteiger partial charge < -0.3 is 4.72 Å². The van der Waals surface area contributed by atoms with Crippen molar-refractivity contribution >= 4 is 16.7 Å². The smallest absolute Gasteiger partial charge is 0.135 e. The van der Waals surface area contributed by atoms with E-state index in [-0.39, 0.29) is 0 Å². The first-order chi connectivity index (χ1) is 6.56. The van der Waals surface area contributed by atoms with E-state index in [0.717, 1.165) is 5.69 Å². The van der Waals surface area contributed by atoms with Crippen LogP contribution in [0.25, 0.3) is 0 Å². The van der Waals surface area contributed by atoms with Crippen LogP contribution in [0.5, 0.6) is 0 Å². The van der Waals surface area contributed by atoms with Crippen LogP contribution in [0.15, 0.2) is 30.3 Å². The van der Waals surface area contributed by atoms with E-state index in [2.05, 4.69) is 10.6 Å². The molecular weight excluding hydrogens is 194 g/mol. The third-order valence-electron chi connectivity index (χ3n) is 1.80. The number of benzene rings is 1. The fourth-order valence-corrected chi connectivity index (χ4v) is 1.51. The lowest BCUT2D eigenvalue weighted by Crippen LogP contribution is -2.29. The van der Waals surface area contributed by atoms with Gasteiger partial charge in [-0.1, -0.05) is 24.1 Å². The number of rotatable bonds is 3. The SMILES string of the molecule is C#CC(C)(C)S(=O)Nc1ccccc1. The summed E-state index contributed by atoms with van der Waals surface area (Å²) >= 11 is 0. The van der Waals surface area contributed by atoms with Crippen LogP contribution in [0.2, 0.25) is 0 Å². The Balaban J connectivity index is 2.73. The molecule has 0 heterocycles. The molecule has 1 aromatic carbocycles. The quantitative estimate of drug-likeness (QED) is 0.756. The Morgan fingerprint density at radius 3 is 2.43 bits per heavy atom. The van der Waals surface area contributed by atoms with Crippen molar-refractivity contribution in [1.82, 2.24) is 0 Å². The molecule has 1 N–H and O–H groups in total. The zero-order valence-corrected chi connectivity index (χ0v) is 9.10. The summed E-state index contributed by atoms with van der Waals surface area (Å²) in [5, 5.41) is 0. The normalized spacial score (nSPS) is 12.9. The maximum Gasteiger partial charge on any atom is 0.135 e. The van der Waals surface area contributed by atoms with Gasteiger partial charge in [0.2, 0.25) is 0 Å². The van der Waals surface area contributed by atoms with Gasteiger partial charge in [-0.05, 0) is 26.0 Å². The highest BCUT2D eigenvalue weighted by Gasteiger charge is 2.22. The van der Waals surface area contributed by atoms with Crippen LogP contribution in [0.1, 0.15) is 13.8 Å². The lowest BCUT2D eigenvalue weighted by molar-refractivity contribution is 0.670. The Morgan fingerprint density at radius 1 is 1.36 bits per heavy atom. The van der Waals surface area contributed by atoms with Gasteiger partial charge in [0.05, 0.1) is 0 Å². The molecule has 0 spiro atoms. The minimum atomic E-state index is -1.27. The van der Waals surface area contributed by atoms with E-state index in [1.807, 2.05) is 30.3 Å². The van der Waals surface area contributed by atoms with Gasteiger partial charge in [-0.3, -0.25) is 0 Å². The molecule has 0 saturated heterocycles. The first-order valence-electron chi connectivity index (χ1n) is 4.27. The largest absolute Gasteiger partial charge is 0.304 e. The van der Waals surface area contributed by atoms with Gasteiger partial charge in [-0.25, -0.2) is 4.21 Å². The molecule has 74 valence electrons. The second kappa shape index (κ2) is 4.30. The Hall–Kier alpha value is -1.27. The molecule has 0 aliphatic rings. The molecule has 3 heteroatoms. The third-order valence-corrected chi connectivity index (χ3v) is 3.26. The van der Waals surface area contributed by atoms with Crippen LogP contribution >= 0.6 is 0 Å². The molecule has 0 amide bonds. The van der Waals surface area contributed by atoms with Gasteiger partial charge in [-0.15, -0.1) is 6.42 Å². The van der Waals surface area contributed by atoms with E-state index in [0.29, 0.717) is 0 Å².